The van der Waals surface area contributed by atoms with Gasteiger partial charge in [-0.25, -0.2) is 9.50 Å². The molecule has 1 N–H and O–H groups in total. The number of aromatic nitrogens is 3. The van der Waals surface area contributed by atoms with Crippen LogP contribution < -0.4 is 5.56 Å². The molecular formula is C8H8ClN3O. The fraction of sp³-hybridized carbons (Fsp3) is 0.250. The van der Waals surface area contributed by atoms with Crippen LogP contribution >= 0.6 is 11.6 Å². The number of rotatable bonds is 1. The number of halogens is 1. The Hall–Kier alpha value is -1.29. The molecule has 0 radical (unpaired) electrons. The Kier molecular flexibility index (Phi) is 1.84. The van der Waals surface area contributed by atoms with Crippen molar-refractivity contribution in [1.29, 1.82) is 0 Å². The van der Waals surface area contributed by atoms with Gasteiger partial charge in [0.05, 0.1) is 11.6 Å². The molecule has 2 rings (SSSR count). The molecule has 68 valence electrons. The number of H-pyrrole nitrogens is 1. The van der Waals surface area contributed by atoms with Crippen molar-refractivity contribution in [2.75, 3.05) is 0 Å². The van der Waals surface area contributed by atoms with Gasteiger partial charge in [0.1, 0.15) is 0 Å². The van der Waals surface area contributed by atoms with E-state index in [-0.39, 0.29) is 11.4 Å². The fourth-order valence-corrected chi connectivity index (χ4v) is 1.35. The van der Waals surface area contributed by atoms with Crippen molar-refractivity contribution in [2.24, 2.45) is 0 Å². The molecule has 5 heteroatoms. The Morgan fingerprint density at radius 2 is 2.46 bits per heavy atom. The number of nitrogens with one attached hydrogen (secondary N) is 1. The van der Waals surface area contributed by atoms with Gasteiger partial charge in [-0.1, -0.05) is 0 Å². The number of nitrogens with zero attached hydrogens (tertiary/aromatic N) is 2. The predicted octanol–water partition coefficient (Wildman–Crippen LogP) is 1.07. The van der Waals surface area contributed by atoms with Crippen LogP contribution in [0.4, 0.5) is 0 Å². The van der Waals surface area contributed by atoms with Gasteiger partial charge in [0, 0.05) is 17.8 Å². The van der Waals surface area contributed by atoms with Gasteiger partial charge in [-0.2, -0.15) is 0 Å². The molecule has 4 nitrogen and oxygen atoms in total. The van der Waals surface area contributed by atoms with Crippen LogP contribution in [0.5, 0.6) is 0 Å². The van der Waals surface area contributed by atoms with Crippen LogP contribution in [-0.4, -0.2) is 14.6 Å². The van der Waals surface area contributed by atoms with Gasteiger partial charge in [0.25, 0.3) is 5.56 Å². The molecule has 0 amide bonds. The average molecular weight is 198 g/mol. The zero-order valence-corrected chi connectivity index (χ0v) is 7.80. The third-order valence-corrected chi connectivity index (χ3v) is 2.15. The maximum Gasteiger partial charge on any atom is 0.272 e. The van der Waals surface area contributed by atoms with Crippen LogP contribution in [0, 0.1) is 6.92 Å². The van der Waals surface area contributed by atoms with Crippen molar-refractivity contribution in [3.63, 3.8) is 0 Å². The molecule has 2 aromatic rings. The van der Waals surface area contributed by atoms with Gasteiger partial charge in [-0.3, -0.25) is 9.89 Å². The molecule has 0 aliphatic heterocycles. The Labute approximate surface area is 79.2 Å². The van der Waals surface area contributed by atoms with Crippen molar-refractivity contribution >= 4 is 17.2 Å². The fourth-order valence-electron chi connectivity index (χ4n) is 1.21. The van der Waals surface area contributed by atoms with Gasteiger partial charge in [-0.05, 0) is 6.92 Å². The number of fused-ring (bicyclic) bond motifs is 1. The number of hydrogen-bond acceptors (Lipinski definition) is 2. The van der Waals surface area contributed by atoms with E-state index in [9.17, 15) is 4.79 Å². The smallest absolute Gasteiger partial charge is 0.272 e. The topological polar surface area (TPSA) is 50.2 Å². The van der Waals surface area contributed by atoms with E-state index in [0.29, 0.717) is 11.3 Å². The molecule has 0 atom stereocenters. The van der Waals surface area contributed by atoms with Crippen LogP contribution in [0.1, 0.15) is 11.3 Å². The van der Waals surface area contributed by atoms with Crippen molar-refractivity contribution in [1.82, 2.24) is 14.6 Å². The monoisotopic (exact) mass is 197 g/mol. The Morgan fingerprint density at radius 3 is 3.15 bits per heavy atom. The SMILES string of the molecule is Cc1c[nH]n2c(=O)cc(CCl)nc12. The lowest BCUT2D eigenvalue weighted by Crippen LogP contribution is -2.15. The van der Waals surface area contributed by atoms with Gasteiger partial charge in [0.2, 0.25) is 0 Å². The summed E-state index contributed by atoms with van der Waals surface area (Å²) < 4.78 is 1.39. The van der Waals surface area contributed by atoms with Crippen molar-refractivity contribution in [2.45, 2.75) is 12.8 Å². The molecule has 0 saturated carbocycles. The molecule has 0 aromatic carbocycles. The Morgan fingerprint density at radius 1 is 1.69 bits per heavy atom. The second kappa shape index (κ2) is 2.88. The van der Waals surface area contributed by atoms with Crippen molar-refractivity contribution < 1.29 is 0 Å². The van der Waals surface area contributed by atoms with E-state index in [4.69, 9.17) is 11.6 Å². The average Bonchev–Trinajstić information content (AvgIpc) is 2.48. The number of hydrogen-bond donors (Lipinski definition) is 1. The molecule has 2 heterocycles. The lowest BCUT2D eigenvalue weighted by atomic mass is 10.4. The zero-order chi connectivity index (χ0) is 9.42. The third-order valence-electron chi connectivity index (χ3n) is 1.87. The normalized spacial score (nSPS) is 10.9. The highest BCUT2D eigenvalue weighted by atomic mass is 35.5. The van der Waals surface area contributed by atoms with Gasteiger partial charge in [-0.15, -0.1) is 11.6 Å². The first-order valence-corrected chi connectivity index (χ1v) is 4.38. The highest BCUT2D eigenvalue weighted by Gasteiger charge is 2.04. The van der Waals surface area contributed by atoms with E-state index < -0.39 is 0 Å². The minimum absolute atomic E-state index is 0.131. The van der Waals surface area contributed by atoms with Crippen LogP contribution in [0.3, 0.4) is 0 Å². The summed E-state index contributed by atoms with van der Waals surface area (Å²) in [6, 6.07) is 1.43. The second-order valence-electron chi connectivity index (χ2n) is 2.83. The van der Waals surface area contributed by atoms with E-state index in [2.05, 4.69) is 10.1 Å². The van der Waals surface area contributed by atoms with Crippen LogP contribution in [0.15, 0.2) is 17.1 Å². The quantitative estimate of drug-likeness (QED) is 0.696. The minimum atomic E-state index is -0.131. The molecule has 13 heavy (non-hydrogen) atoms. The maximum absolute atomic E-state index is 11.4. The highest BCUT2D eigenvalue weighted by Crippen LogP contribution is 2.05. The lowest BCUT2D eigenvalue weighted by molar-refractivity contribution is 0.887. The standard InChI is InChI=1S/C8H8ClN3O/c1-5-4-10-12-7(13)2-6(3-9)11-8(5)12/h2,4,10H,3H2,1H3. The number of alkyl halides is 1. The van der Waals surface area contributed by atoms with E-state index in [1.165, 1.54) is 10.6 Å². The van der Waals surface area contributed by atoms with Crippen LogP contribution in [0.2, 0.25) is 0 Å². The van der Waals surface area contributed by atoms with E-state index >= 15 is 0 Å². The summed E-state index contributed by atoms with van der Waals surface area (Å²) in [4.78, 5) is 15.6. The molecular weight excluding hydrogens is 190 g/mol. The zero-order valence-electron chi connectivity index (χ0n) is 7.04. The highest BCUT2D eigenvalue weighted by molar-refractivity contribution is 6.16. The van der Waals surface area contributed by atoms with Gasteiger partial charge >= 0.3 is 0 Å². The molecule has 0 spiro atoms. The second-order valence-corrected chi connectivity index (χ2v) is 3.10. The van der Waals surface area contributed by atoms with Gasteiger partial charge < -0.3 is 0 Å². The predicted molar refractivity (Wildman–Crippen MR) is 50.1 cm³/mol. The summed E-state index contributed by atoms with van der Waals surface area (Å²) in [7, 11) is 0. The molecule has 0 saturated heterocycles. The summed E-state index contributed by atoms with van der Waals surface area (Å²) >= 11 is 5.60. The Balaban J connectivity index is 2.88. The molecule has 2 aromatic heterocycles. The summed E-state index contributed by atoms with van der Waals surface area (Å²) in [5, 5.41) is 2.81. The summed E-state index contributed by atoms with van der Waals surface area (Å²) in [5.74, 6) is 0.260. The van der Waals surface area contributed by atoms with E-state index in [1.54, 1.807) is 6.20 Å². The molecule has 0 fully saturated rings. The molecule has 0 bridgehead atoms. The van der Waals surface area contributed by atoms with Crippen molar-refractivity contribution in [3.8, 4) is 0 Å². The van der Waals surface area contributed by atoms with Crippen LogP contribution in [-0.2, 0) is 5.88 Å². The summed E-state index contributed by atoms with van der Waals surface area (Å²) in [6.45, 7) is 1.89. The van der Waals surface area contributed by atoms with Gasteiger partial charge in [0.15, 0.2) is 5.65 Å². The number of aromatic amines is 1. The summed E-state index contributed by atoms with van der Waals surface area (Å²) in [5.41, 5.74) is 2.05. The molecule has 0 unspecified atom stereocenters. The summed E-state index contributed by atoms with van der Waals surface area (Å²) in [6.07, 6.45) is 1.74. The minimum Gasteiger partial charge on any atom is -0.297 e. The lowest BCUT2D eigenvalue weighted by Gasteiger charge is -1.96. The first-order valence-electron chi connectivity index (χ1n) is 3.85. The Bertz CT molecular complexity index is 500. The number of aryl methyl sites for hydroxylation is 1. The first kappa shape index (κ1) is 8.31. The first-order chi connectivity index (χ1) is 6.22. The van der Waals surface area contributed by atoms with E-state index in [1.807, 2.05) is 6.92 Å². The molecule has 0 aliphatic rings. The van der Waals surface area contributed by atoms with Crippen molar-refractivity contribution in [3.05, 3.63) is 33.9 Å². The van der Waals surface area contributed by atoms with E-state index in [0.717, 1.165) is 5.56 Å². The largest absolute Gasteiger partial charge is 0.297 e. The van der Waals surface area contributed by atoms with Crippen LogP contribution in [0.25, 0.3) is 5.65 Å². The maximum atomic E-state index is 11.4. The molecule has 0 aliphatic carbocycles. The third kappa shape index (κ3) is 1.23.